The number of hydrogen-bond acceptors (Lipinski definition) is 2. The van der Waals surface area contributed by atoms with E-state index in [0.29, 0.717) is 12.5 Å². The van der Waals surface area contributed by atoms with E-state index in [4.69, 9.17) is 0 Å². The van der Waals surface area contributed by atoms with E-state index >= 15 is 0 Å². The van der Waals surface area contributed by atoms with Gasteiger partial charge >= 0.3 is 0 Å². The maximum absolute atomic E-state index is 11.9. The molecule has 112 valence electrons. The monoisotopic (exact) mass is 276 g/mol. The predicted octanol–water partition coefficient (Wildman–Crippen LogP) is 3.20. The van der Waals surface area contributed by atoms with E-state index in [-0.39, 0.29) is 18.0 Å². The summed E-state index contributed by atoms with van der Waals surface area (Å²) in [4.78, 5) is 11.9. The molecule has 2 atom stereocenters. The molecule has 0 heterocycles. The Labute approximate surface area is 123 Å². The molecule has 1 amide bonds. The van der Waals surface area contributed by atoms with E-state index < -0.39 is 0 Å². The van der Waals surface area contributed by atoms with Gasteiger partial charge in [0.25, 0.3) is 0 Å². The van der Waals surface area contributed by atoms with Gasteiger partial charge in [0.05, 0.1) is 6.04 Å². The van der Waals surface area contributed by atoms with Crippen LogP contribution in [0.25, 0.3) is 0 Å². The standard InChI is InChI=1S/C17H28N2O/c1-6-13(4)19-17(20)14(5)18-11-15-7-9-16(10-8-15)12(2)3/h7-10,12-14,18H,6,11H2,1-5H3,(H,19,20). The van der Waals surface area contributed by atoms with Crippen molar-refractivity contribution >= 4 is 5.91 Å². The smallest absolute Gasteiger partial charge is 0.237 e. The predicted molar refractivity (Wildman–Crippen MR) is 84.7 cm³/mol. The van der Waals surface area contributed by atoms with Crippen LogP contribution in [0.5, 0.6) is 0 Å². The second-order valence-corrected chi connectivity index (χ2v) is 5.82. The first-order valence-corrected chi connectivity index (χ1v) is 7.56. The highest BCUT2D eigenvalue weighted by Crippen LogP contribution is 2.14. The fraction of sp³-hybridized carbons (Fsp3) is 0.588. The number of amides is 1. The average Bonchev–Trinajstić information content (AvgIpc) is 2.44. The van der Waals surface area contributed by atoms with E-state index in [1.54, 1.807) is 0 Å². The van der Waals surface area contributed by atoms with E-state index in [0.717, 1.165) is 6.42 Å². The molecule has 0 aliphatic carbocycles. The third-order valence-corrected chi connectivity index (χ3v) is 3.65. The van der Waals surface area contributed by atoms with Gasteiger partial charge in [-0.1, -0.05) is 45.0 Å². The van der Waals surface area contributed by atoms with Crippen LogP contribution in [0.2, 0.25) is 0 Å². The molecular formula is C17H28N2O. The SMILES string of the molecule is CCC(C)NC(=O)C(C)NCc1ccc(C(C)C)cc1. The number of rotatable bonds is 7. The summed E-state index contributed by atoms with van der Waals surface area (Å²) in [6.45, 7) is 11.1. The Bertz CT molecular complexity index is 412. The zero-order valence-corrected chi connectivity index (χ0v) is 13.4. The van der Waals surface area contributed by atoms with Crippen molar-refractivity contribution < 1.29 is 4.79 Å². The van der Waals surface area contributed by atoms with Crippen molar-refractivity contribution in [3.8, 4) is 0 Å². The van der Waals surface area contributed by atoms with Crippen LogP contribution in [-0.2, 0) is 11.3 Å². The van der Waals surface area contributed by atoms with E-state index in [9.17, 15) is 4.79 Å². The summed E-state index contributed by atoms with van der Waals surface area (Å²) in [5.41, 5.74) is 2.55. The Morgan fingerprint density at radius 2 is 1.70 bits per heavy atom. The Morgan fingerprint density at radius 3 is 2.20 bits per heavy atom. The molecule has 0 aliphatic rings. The summed E-state index contributed by atoms with van der Waals surface area (Å²) in [6.07, 6.45) is 0.953. The lowest BCUT2D eigenvalue weighted by atomic mass is 10.0. The summed E-state index contributed by atoms with van der Waals surface area (Å²) in [5, 5.41) is 6.25. The minimum atomic E-state index is -0.172. The highest BCUT2D eigenvalue weighted by atomic mass is 16.2. The first kappa shape index (κ1) is 16.7. The maximum Gasteiger partial charge on any atom is 0.237 e. The molecule has 1 rings (SSSR count). The summed E-state index contributed by atoms with van der Waals surface area (Å²) in [5.74, 6) is 0.621. The third-order valence-electron chi connectivity index (χ3n) is 3.65. The molecule has 0 fully saturated rings. The van der Waals surface area contributed by atoms with Crippen LogP contribution >= 0.6 is 0 Å². The van der Waals surface area contributed by atoms with Gasteiger partial charge in [-0.05, 0) is 37.3 Å². The Balaban J connectivity index is 2.44. The highest BCUT2D eigenvalue weighted by Gasteiger charge is 2.13. The molecule has 2 unspecified atom stereocenters. The minimum Gasteiger partial charge on any atom is -0.352 e. The van der Waals surface area contributed by atoms with Gasteiger partial charge in [0.15, 0.2) is 0 Å². The van der Waals surface area contributed by atoms with Gasteiger partial charge in [-0.3, -0.25) is 4.79 Å². The third kappa shape index (κ3) is 5.33. The Kier molecular flexibility index (Phi) is 6.73. The normalized spacial score (nSPS) is 14.1. The van der Waals surface area contributed by atoms with Crippen molar-refractivity contribution in [1.82, 2.24) is 10.6 Å². The topological polar surface area (TPSA) is 41.1 Å². The van der Waals surface area contributed by atoms with Crippen LogP contribution in [-0.4, -0.2) is 18.0 Å². The van der Waals surface area contributed by atoms with E-state index in [2.05, 4.69) is 55.7 Å². The zero-order valence-electron chi connectivity index (χ0n) is 13.4. The molecule has 1 aromatic rings. The number of carbonyl (C=O) groups excluding carboxylic acids is 1. The van der Waals surface area contributed by atoms with Gasteiger partial charge < -0.3 is 10.6 Å². The van der Waals surface area contributed by atoms with Gasteiger partial charge in [-0.15, -0.1) is 0 Å². The Hall–Kier alpha value is -1.35. The van der Waals surface area contributed by atoms with Gasteiger partial charge in [-0.25, -0.2) is 0 Å². The average molecular weight is 276 g/mol. The van der Waals surface area contributed by atoms with Crippen LogP contribution in [0.3, 0.4) is 0 Å². The van der Waals surface area contributed by atoms with Crippen molar-refractivity contribution in [1.29, 1.82) is 0 Å². The molecule has 0 radical (unpaired) electrons. The first-order valence-electron chi connectivity index (χ1n) is 7.56. The van der Waals surface area contributed by atoms with Gasteiger partial charge in [0.1, 0.15) is 0 Å². The minimum absolute atomic E-state index is 0.0677. The largest absolute Gasteiger partial charge is 0.352 e. The lowest BCUT2D eigenvalue weighted by Crippen LogP contribution is -2.45. The van der Waals surface area contributed by atoms with Crippen molar-refractivity contribution in [3.63, 3.8) is 0 Å². The van der Waals surface area contributed by atoms with Crippen LogP contribution in [0.15, 0.2) is 24.3 Å². The van der Waals surface area contributed by atoms with Crippen LogP contribution < -0.4 is 10.6 Å². The van der Waals surface area contributed by atoms with Crippen molar-refractivity contribution in [2.24, 2.45) is 0 Å². The van der Waals surface area contributed by atoms with Crippen molar-refractivity contribution in [2.75, 3.05) is 0 Å². The molecule has 0 saturated carbocycles. The van der Waals surface area contributed by atoms with Crippen LogP contribution in [0.1, 0.15) is 58.1 Å². The quantitative estimate of drug-likeness (QED) is 0.803. The molecule has 2 N–H and O–H groups in total. The lowest BCUT2D eigenvalue weighted by molar-refractivity contribution is -0.123. The molecule has 1 aromatic carbocycles. The molecule has 3 nitrogen and oxygen atoms in total. The maximum atomic E-state index is 11.9. The van der Waals surface area contributed by atoms with Gasteiger partial charge in [-0.2, -0.15) is 0 Å². The second-order valence-electron chi connectivity index (χ2n) is 5.82. The van der Waals surface area contributed by atoms with E-state index in [1.807, 2.05) is 13.8 Å². The number of nitrogens with one attached hydrogen (secondary N) is 2. The number of benzene rings is 1. The summed E-state index contributed by atoms with van der Waals surface area (Å²) >= 11 is 0. The molecule has 3 heteroatoms. The summed E-state index contributed by atoms with van der Waals surface area (Å²) in [7, 11) is 0. The number of carbonyl (C=O) groups is 1. The number of hydrogen-bond donors (Lipinski definition) is 2. The van der Waals surface area contributed by atoms with Crippen molar-refractivity contribution in [2.45, 2.75) is 65.6 Å². The molecule has 0 saturated heterocycles. The zero-order chi connectivity index (χ0) is 15.1. The molecule has 20 heavy (non-hydrogen) atoms. The molecule has 0 aromatic heterocycles. The first-order chi connectivity index (χ1) is 9.43. The molecular weight excluding hydrogens is 248 g/mol. The van der Waals surface area contributed by atoms with Gasteiger partial charge in [0.2, 0.25) is 5.91 Å². The Morgan fingerprint density at radius 1 is 1.10 bits per heavy atom. The molecule has 0 aliphatic heterocycles. The fourth-order valence-electron chi connectivity index (χ4n) is 1.85. The van der Waals surface area contributed by atoms with E-state index in [1.165, 1.54) is 11.1 Å². The lowest BCUT2D eigenvalue weighted by Gasteiger charge is -2.17. The fourth-order valence-corrected chi connectivity index (χ4v) is 1.85. The van der Waals surface area contributed by atoms with Crippen molar-refractivity contribution in [3.05, 3.63) is 35.4 Å². The molecule has 0 bridgehead atoms. The van der Waals surface area contributed by atoms with Crippen LogP contribution in [0.4, 0.5) is 0 Å². The molecule has 0 spiro atoms. The summed E-state index contributed by atoms with van der Waals surface area (Å²) < 4.78 is 0. The highest BCUT2D eigenvalue weighted by molar-refractivity contribution is 5.81. The van der Waals surface area contributed by atoms with Crippen LogP contribution in [0, 0.1) is 0 Å². The summed E-state index contributed by atoms with van der Waals surface area (Å²) in [6, 6.07) is 8.63. The van der Waals surface area contributed by atoms with Gasteiger partial charge in [0, 0.05) is 12.6 Å². The second kappa shape index (κ2) is 8.05.